The molecule has 2 aliphatic rings. The quantitative estimate of drug-likeness (QED) is 0.375. The summed E-state index contributed by atoms with van der Waals surface area (Å²) in [5.74, 6) is 0.436. The van der Waals surface area contributed by atoms with Gasteiger partial charge in [0.2, 0.25) is 5.95 Å². The van der Waals surface area contributed by atoms with Crippen molar-refractivity contribution >= 4 is 34.6 Å². The summed E-state index contributed by atoms with van der Waals surface area (Å²) in [6.45, 7) is 13.0. The number of rotatable bonds is 6. The molecule has 2 aliphatic heterocycles. The molecule has 1 atom stereocenters. The normalized spacial score (nSPS) is 17.7. The van der Waals surface area contributed by atoms with E-state index in [-0.39, 0.29) is 23.8 Å². The highest BCUT2D eigenvalue weighted by atomic mass is 19.1. The fourth-order valence-electron chi connectivity index (χ4n) is 5.54. The maximum Gasteiger partial charge on any atom is 0.229 e. The number of nitrogens with zero attached hydrogens (tertiary/aromatic N) is 8. The molecule has 0 bridgehead atoms. The third-order valence-corrected chi connectivity index (χ3v) is 7.47. The van der Waals surface area contributed by atoms with Crippen molar-refractivity contribution in [2.75, 3.05) is 53.2 Å². The van der Waals surface area contributed by atoms with E-state index in [1.54, 1.807) is 18.5 Å². The Bertz CT molecular complexity index is 1510. The molecule has 4 aromatic rings. The number of fused-ring (bicyclic) bond motifs is 2. The first kappa shape index (κ1) is 25.2. The van der Waals surface area contributed by atoms with Crippen LogP contribution < -0.4 is 20.4 Å². The number of hydrogen-bond donors (Lipinski definition) is 2. The van der Waals surface area contributed by atoms with Crippen LogP contribution >= 0.6 is 0 Å². The second-order valence-electron chi connectivity index (χ2n) is 10.2. The van der Waals surface area contributed by atoms with E-state index in [1.807, 2.05) is 31.4 Å². The lowest BCUT2D eigenvalue weighted by atomic mass is 10.1. The lowest BCUT2D eigenvalue weighted by Crippen LogP contribution is -2.46. The number of likely N-dealkylation sites (N-methyl/N-ethyl adjacent to an activating group) is 1. The molecule has 204 valence electrons. The zero-order valence-electron chi connectivity index (χ0n) is 22.5. The predicted octanol–water partition coefficient (Wildman–Crippen LogP) is 4.34. The number of piperazine rings is 1. The van der Waals surface area contributed by atoms with Crippen molar-refractivity contribution in [3.05, 3.63) is 48.6 Å². The molecule has 0 radical (unpaired) electrons. The molecule has 1 fully saturated rings. The van der Waals surface area contributed by atoms with Crippen LogP contribution in [0.3, 0.4) is 0 Å². The summed E-state index contributed by atoms with van der Waals surface area (Å²) in [4.78, 5) is 24.4. The van der Waals surface area contributed by atoms with Gasteiger partial charge in [-0.1, -0.05) is 6.92 Å². The van der Waals surface area contributed by atoms with Gasteiger partial charge in [0.1, 0.15) is 17.3 Å². The van der Waals surface area contributed by atoms with E-state index in [2.05, 4.69) is 52.2 Å². The molecule has 2 N–H and O–H groups in total. The van der Waals surface area contributed by atoms with Crippen LogP contribution in [-0.4, -0.2) is 74.2 Å². The molecule has 5 heterocycles. The molecule has 1 aromatic carbocycles. The van der Waals surface area contributed by atoms with Gasteiger partial charge in [-0.15, -0.1) is 0 Å². The molecule has 10 nitrogen and oxygen atoms in total. The minimum Gasteiger partial charge on any atom is -0.361 e. The van der Waals surface area contributed by atoms with Crippen molar-refractivity contribution in [1.29, 1.82) is 0 Å². The molecule has 1 unspecified atom stereocenters. The molecule has 3 aromatic heterocycles. The van der Waals surface area contributed by atoms with E-state index in [9.17, 15) is 4.39 Å². The van der Waals surface area contributed by atoms with Crippen molar-refractivity contribution in [3.63, 3.8) is 0 Å². The van der Waals surface area contributed by atoms with E-state index in [4.69, 9.17) is 0 Å². The molecule has 1 saturated heterocycles. The maximum absolute atomic E-state index is 15.1. The fourth-order valence-corrected chi connectivity index (χ4v) is 5.54. The van der Waals surface area contributed by atoms with E-state index >= 15 is 4.39 Å². The molecule has 0 amide bonds. The number of aromatic nitrogens is 5. The van der Waals surface area contributed by atoms with Gasteiger partial charge in [0.25, 0.3) is 0 Å². The van der Waals surface area contributed by atoms with Crippen LogP contribution in [0.15, 0.2) is 36.9 Å². The smallest absolute Gasteiger partial charge is 0.229 e. The number of hydrogen-bond acceptors (Lipinski definition) is 9. The minimum atomic E-state index is -0.643. The Morgan fingerprint density at radius 3 is 2.59 bits per heavy atom. The Morgan fingerprint density at radius 1 is 1.05 bits per heavy atom. The topological polar surface area (TPSA) is 89.8 Å². The summed E-state index contributed by atoms with van der Waals surface area (Å²) in [6, 6.07) is 3.19. The highest BCUT2D eigenvalue weighted by Crippen LogP contribution is 2.41. The Kier molecular flexibility index (Phi) is 6.42. The largest absolute Gasteiger partial charge is 0.361 e. The standard InChI is InChI=1S/C27H32F2N10/c1-5-36-8-10-37(11-9-36)22-15-31-25(26-30-6-7-38(22)26)35-27-32-14-20(29)23(34-27)18-12-19(28)24-21(13-18)39(16(2)3)17(4)33-24/h6-7,12-17,33H,5,8-11H2,1-4H3,(H,31,32,34,35). The van der Waals surface area contributed by atoms with E-state index in [0.29, 0.717) is 28.4 Å². The molecule has 0 saturated carbocycles. The van der Waals surface area contributed by atoms with Gasteiger partial charge in [0.15, 0.2) is 17.3 Å². The second kappa shape index (κ2) is 9.92. The van der Waals surface area contributed by atoms with Gasteiger partial charge in [-0.05, 0) is 39.4 Å². The second-order valence-corrected chi connectivity index (χ2v) is 10.2. The van der Waals surface area contributed by atoms with Gasteiger partial charge in [-0.2, -0.15) is 0 Å². The maximum atomic E-state index is 15.1. The lowest BCUT2D eigenvalue weighted by Gasteiger charge is -2.35. The molecule has 6 rings (SSSR count). The van der Waals surface area contributed by atoms with Gasteiger partial charge in [0.05, 0.1) is 29.9 Å². The third kappa shape index (κ3) is 4.48. The van der Waals surface area contributed by atoms with Crippen LogP contribution in [-0.2, 0) is 0 Å². The van der Waals surface area contributed by atoms with E-state index in [1.165, 1.54) is 6.07 Å². The van der Waals surface area contributed by atoms with Crippen LogP contribution in [0.2, 0.25) is 0 Å². The van der Waals surface area contributed by atoms with Crippen LogP contribution in [0.5, 0.6) is 0 Å². The Balaban J connectivity index is 1.31. The van der Waals surface area contributed by atoms with Gasteiger partial charge in [-0.3, -0.25) is 4.40 Å². The van der Waals surface area contributed by atoms with Crippen LogP contribution in [0.4, 0.5) is 37.7 Å². The minimum absolute atomic E-state index is 0.00207. The monoisotopic (exact) mass is 534 g/mol. The molecular formula is C27H32F2N10. The third-order valence-electron chi connectivity index (χ3n) is 7.47. The van der Waals surface area contributed by atoms with Crippen molar-refractivity contribution in [2.45, 2.75) is 39.9 Å². The number of halogens is 2. The summed E-state index contributed by atoms with van der Waals surface area (Å²) in [6.07, 6.45) is 6.41. The Morgan fingerprint density at radius 2 is 1.85 bits per heavy atom. The van der Waals surface area contributed by atoms with Crippen molar-refractivity contribution in [1.82, 2.24) is 29.2 Å². The molecule has 0 spiro atoms. The first-order valence-corrected chi connectivity index (χ1v) is 13.3. The summed E-state index contributed by atoms with van der Waals surface area (Å²) in [7, 11) is 0. The number of imidazole rings is 1. The lowest BCUT2D eigenvalue weighted by molar-refractivity contribution is 0.270. The summed E-state index contributed by atoms with van der Waals surface area (Å²) in [5, 5.41) is 6.26. The predicted molar refractivity (Wildman–Crippen MR) is 149 cm³/mol. The fraction of sp³-hybridized carbons (Fsp3) is 0.407. The van der Waals surface area contributed by atoms with Gasteiger partial charge in [0, 0.05) is 50.2 Å². The average Bonchev–Trinajstić information content (AvgIpc) is 3.55. The average molecular weight is 535 g/mol. The summed E-state index contributed by atoms with van der Waals surface area (Å²) in [5.41, 5.74) is 2.03. The van der Waals surface area contributed by atoms with Gasteiger partial charge < -0.3 is 25.3 Å². The molecule has 0 aliphatic carbocycles. The van der Waals surface area contributed by atoms with Gasteiger partial charge >= 0.3 is 0 Å². The van der Waals surface area contributed by atoms with Crippen molar-refractivity contribution in [2.24, 2.45) is 0 Å². The first-order chi connectivity index (χ1) is 18.8. The van der Waals surface area contributed by atoms with Crippen LogP contribution in [0.25, 0.3) is 16.9 Å². The molecule has 39 heavy (non-hydrogen) atoms. The zero-order valence-corrected chi connectivity index (χ0v) is 22.5. The van der Waals surface area contributed by atoms with E-state index < -0.39 is 11.6 Å². The van der Waals surface area contributed by atoms with Gasteiger partial charge in [-0.25, -0.2) is 28.7 Å². The Hall–Kier alpha value is -4.06. The van der Waals surface area contributed by atoms with Crippen LogP contribution in [0.1, 0.15) is 27.7 Å². The number of anilines is 5. The Labute approximate surface area is 225 Å². The van der Waals surface area contributed by atoms with Crippen molar-refractivity contribution < 1.29 is 8.78 Å². The SMILES string of the molecule is CCN1CCN(c2cnc(Nc3ncc(F)c(-c4cc(F)c5c(c4)N(C(C)C)C(C)N5)n3)c3nccn23)CC1. The molecular weight excluding hydrogens is 502 g/mol. The highest BCUT2D eigenvalue weighted by molar-refractivity contribution is 5.82. The highest BCUT2D eigenvalue weighted by Gasteiger charge is 2.31. The zero-order chi connectivity index (χ0) is 27.3. The summed E-state index contributed by atoms with van der Waals surface area (Å²) >= 11 is 0. The summed E-state index contributed by atoms with van der Waals surface area (Å²) < 4.78 is 32.1. The van der Waals surface area contributed by atoms with E-state index in [0.717, 1.165) is 44.7 Å². The first-order valence-electron chi connectivity index (χ1n) is 13.3. The number of nitrogens with one attached hydrogen (secondary N) is 2. The van der Waals surface area contributed by atoms with Crippen molar-refractivity contribution in [3.8, 4) is 11.3 Å². The number of benzene rings is 1. The van der Waals surface area contributed by atoms with Crippen LogP contribution in [0, 0.1) is 11.6 Å². The molecule has 12 heteroatoms.